The van der Waals surface area contributed by atoms with Crippen molar-refractivity contribution in [2.45, 2.75) is 64.3 Å². The normalized spacial score (nSPS) is 19.5. The van der Waals surface area contributed by atoms with Crippen LogP contribution in [0.1, 0.15) is 73.2 Å². The SMILES string of the molecule is C[C@H]1CCCN(Cc2cc(C(F)(F)F)c3cn(-c4cccc([C@@H](c5nc(CO)cn5C)C5CCC5)c4)c(=O)n3c2)C1. The van der Waals surface area contributed by atoms with Gasteiger partial charge in [0.25, 0.3) is 0 Å². The second-order valence-electron chi connectivity index (χ2n) is 11.9. The third-order valence-corrected chi connectivity index (χ3v) is 8.81. The predicted molar refractivity (Wildman–Crippen MR) is 150 cm³/mol. The van der Waals surface area contributed by atoms with Gasteiger partial charge in [0.2, 0.25) is 0 Å². The van der Waals surface area contributed by atoms with Gasteiger partial charge in [0.05, 0.1) is 29.1 Å². The number of aryl methyl sites for hydroxylation is 1. The lowest BCUT2D eigenvalue weighted by Crippen LogP contribution is -2.34. The maximum Gasteiger partial charge on any atom is 0.418 e. The van der Waals surface area contributed by atoms with Crippen molar-refractivity contribution in [2.75, 3.05) is 13.1 Å². The number of aromatic nitrogens is 4. The van der Waals surface area contributed by atoms with Crippen LogP contribution in [0.5, 0.6) is 0 Å². The Bertz CT molecular complexity index is 1610. The first-order valence-electron chi connectivity index (χ1n) is 14.4. The van der Waals surface area contributed by atoms with Crippen LogP contribution in [0, 0.1) is 11.8 Å². The minimum absolute atomic E-state index is 0.0500. The fourth-order valence-corrected chi connectivity index (χ4v) is 6.62. The topological polar surface area (TPSA) is 67.7 Å². The largest absolute Gasteiger partial charge is 0.418 e. The molecule has 218 valence electrons. The molecule has 4 aromatic rings. The molecule has 1 aliphatic carbocycles. The van der Waals surface area contributed by atoms with Gasteiger partial charge >= 0.3 is 11.9 Å². The maximum absolute atomic E-state index is 14.3. The molecule has 6 rings (SSSR count). The third-order valence-electron chi connectivity index (χ3n) is 8.81. The van der Waals surface area contributed by atoms with E-state index in [2.05, 4.69) is 16.8 Å². The standard InChI is InChI=1S/C31H36F3N5O2/c1-20-6-5-11-37(14-20)15-21-12-26(31(32,33)34)27-18-38(30(41)39(27)16-21)25-10-4-9-23(13-25)28(22-7-3-8-22)29-35-24(19-40)17-36(29)2/h4,9-10,12-13,16-18,20,22,28,40H,3,5-8,11,14-15,19H2,1-2H3/t20-,28-/m0/s1. The van der Waals surface area contributed by atoms with Crippen molar-refractivity contribution >= 4 is 5.52 Å². The van der Waals surface area contributed by atoms with E-state index in [1.54, 1.807) is 12.3 Å². The Morgan fingerprint density at radius 3 is 2.56 bits per heavy atom. The molecule has 1 saturated heterocycles. The molecule has 0 radical (unpaired) electrons. The quantitative estimate of drug-likeness (QED) is 0.320. The van der Waals surface area contributed by atoms with Crippen LogP contribution in [0.4, 0.5) is 13.2 Å². The lowest BCUT2D eigenvalue weighted by atomic mass is 9.72. The number of likely N-dealkylation sites (tertiary alicyclic amines) is 1. The molecule has 3 aromatic heterocycles. The van der Waals surface area contributed by atoms with Crippen molar-refractivity contribution in [1.29, 1.82) is 0 Å². The zero-order valence-corrected chi connectivity index (χ0v) is 23.4. The van der Waals surface area contributed by atoms with Crippen molar-refractivity contribution in [3.8, 4) is 5.69 Å². The van der Waals surface area contributed by atoms with Crippen LogP contribution < -0.4 is 5.69 Å². The van der Waals surface area contributed by atoms with Crippen LogP contribution in [0.2, 0.25) is 0 Å². The first kappa shape index (κ1) is 27.8. The average Bonchev–Trinajstić information content (AvgIpc) is 3.44. The number of pyridine rings is 1. The molecule has 1 aromatic carbocycles. The Hall–Kier alpha value is -3.37. The summed E-state index contributed by atoms with van der Waals surface area (Å²) in [6.07, 6.45) is 5.43. The van der Waals surface area contributed by atoms with E-state index in [4.69, 9.17) is 0 Å². The van der Waals surface area contributed by atoms with Gasteiger partial charge in [0.15, 0.2) is 0 Å². The monoisotopic (exact) mass is 567 g/mol. The summed E-state index contributed by atoms with van der Waals surface area (Å²) in [5.74, 6) is 1.64. The Morgan fingerprint density at radius 1 is 1.10 bits per heavy atom. The summed E-state index contributed by atoms with van der Waals surface area (Å²) < 4.78 is 47.2. The van der Waals surface area contributed by atoms with Gasteiger partial charge in [0, 0.05) is 44.6 Å². The summed E-state index contributed by atoms with van der Waals surface area (Å²) in [7, 11) is 1.91. The smallest absolute Gasteiger partial charge is 0.390 e. The van der Waals surface area contributed by atoms with E-state index in [1.807, 2.05) is 36.0 Å². The zero-order chi connectivity index (χ0) is 28.9. The highest BCUT2D eigenvalue weighted by Crippen LogP contribution is 2.43. The number of rotatable bonds is 7. The molecule has 1 N–H and O–H groups in total. The van der Waals surface area contributed by atoms with Gasteiger partial charge in [-0.2, -0.15) is 13.2 Å². The number of imidazole rings is 2. The fourth-order valence-electron chi connectivity index (χ4n) is 6.62. The summed E-state index contributed by atoms with van der Waals surface area (Å²) >= 11 is 0. The number of nitrogens with zero attached hydrogens (tertiary/aromatic N) is 5. The molecule has 2 aliphatic rings. The lowest BCUT2D eigenvalue weighted by molar-refractivity contribution is -0.136. The average molecular weight is 568 g/mol. The van der Waals surface area contributed by atoms with Crippen molar-refractivity contribution < 1.29 is 18.3 Å². The van der Waals surface area contributed by atoms with Crippen LogP contribution in [0.25, 0.3) is 11.2 Å². The molecule has 0 unspecified atom stereocenters. The molecular weight excluding hydrogens is 531 g/mol. The molecule has 0 spiro atoms. The number of fused-ring (bicyclic) bond motifs is 1. The molecule has 10 heteroatoms. The molecule has 7 nitrogen and oxygen atoms in total. The highest BCUT2D eigenvalue weighted by molar-refractivity contribution is 5.58. The van der Waals surface area contributed by atoms with Crippen molar-refractivity contribution in [2.24, 2.45) is 18.9 Å². The Labute approximate surface area is 236 Å². The first-order valence-corrected chi connectivity index (χ1v) is 14.4. The van der Waals surface area contributed by atoms with Gasteiger partial charge in [-0.25, -0.2) is 9.78 Å². The van der Waals surface area contributed by atoms with Crippen molar-refractivity contribution in [3.05, 3.63) is 87.6 Å². The molecule has 41 heavy (non-hydrogen) atoms. The van der Waals surface area contributed by atoms with Crippen LogP contribution in [-0.2, 0) is 26.4 Å². The minimum atomic E-state index is -4.60. The van der Waals surface area contributed by atoms with Crippen LogP contribution in [0.15, 0.2) is 53.7 Å². The second-order valence-corrected chi connectivity index (χ2v) is 11.9. The number of hydrogen-bond acceptors (Lipinski definition) is 4. The van der Waals surface area contributed by atoms with E-state index >= 15 is 0 Å². The van der Waals surface area contributed by atoms with Gasteiger partial charge in [0.1, 0.15) is 5.82 Å². The Balaban J connectivity index is 1.42. The molecule has 2 fully saturated rings. The van der Waals surface area contributed by atoms with Crippen molar-refractivity contribution in [1.82, 2.24) is 23.4 Å². The number of benzene rings is 1. The third kappa shape index (κ3) is 5.35. The molecule has 0 amide bonds. The van der Waals surface area contributed by atoms with Gasteiger partial charge in [-0.15, -0.1) is 0 Å². The number of hydrogen-bond donors (Lipinski definition) is 1. The van der Waals surface area contributed by atoms with E-state index in [1.165, 1.54) is 16.8 Å². The summed E-state index contributed by atoms with van der Waals surface area (Å²) in [4.78, 5) is 20.5. The van der Waals surface area contributed by atoms with Crippen LogP contribution in [0.3, 0.4) is 0 Å². The van der Waals surface area contributed by atoms with E-state index < -0.39 is 17.4 Å². The number of alkyl halides is 3. The molecule has 2 atom stereocenters. The van der Waals surface area contributed by atoms with Gasteiger partial charge in [-0.1, -0.05) is 25.5 Å². The summed E-state index contributed by atoms with van der Waals surface area (Å²) in [6.45, 7) is 4.05. The molecule has 1 aliphatic heterocycles. The minimum Gasteiger partial charge on any atom is -0.390 e. The van der Waals surface area contributed by atoms with Gasteiger partial charge in [-0.05, 0) is 73.4 Å². The van der Waals surface area contributed by atoms with E-state index in [0.717, 1.165) is 61.0 Å². The number of piperidine rings is 1. The molecule has 1 saturated carbocycles. The van der Waals surface area contributed by atoms with E-state index in [-0.39, 0.29) is 18.0 Å². The van der Waals surface area contributed by atoms with E-state index in [0.29, 0.717) is 35.3 Å². The molecular formula is C31H36F3N5O2. The van der Waals surface area contributed by atoms with Gasteiger partial charge < -0.3 is 9.67 Å². The second kappa shape index (κ2) is 10.8. The van der Waals surface area contributed by atoms with Gasteiger partial charge in [-0.3, -0.25) is 13.9 Å². The van der Waals surface area contributed by atoms with Crippen molar-refractivity contribution in [3.63, 3.8) is 0 Å². The Morgan fingerprint density at radius 2 is 1.90 bits per heavy atom. The summed E-state index contributed by atoms with van der Waals surface area (Å²) in [5, 5.41) is 9.63. The van der Waals surface area contributed by atoms with Crippen LogP contribution in [-0.4, -0.2) is 41.6 Å². The lowest BCUT2D eigenvalue weighted by Gasteiger charge is -2.34. The highest BCUT2D eigenvalue weighted by Gasteiger charge is 2.35. The summed E-state index contributed by atoms with van der Waals surface area (Å²) in [5.41, 5.74) is 1.04. The predicted octanol–water partition coefficient (Wildman–Crippen LogP) is 5.50. The number of aliphatic hydroxyl groups excluding tert-OH is 1. The number of halogens is 3. The molecule has 0 bridgehead atoms. The first-order chi connectivity index (χ1) is 19.6. The van der Waals surface area contributed by atoms with E-state index in [9.17, 15) is 23.1 Å². The zero-order valence-electron chi connectivity index (χ0n) is 23.4. The highest BCUT2D eigenvalue weighted by atomic mass is 19.4. The number of aliphatic hydroxyl groups is 1. The fraction of sp³-hybridized carbons (Fsp3) is 0.484. The van der Waals surface area contributed by atoms with Crippen LogP contribution >= 0.6 is 0 Å². The Kier molecular flexibility index (Phi) is 7.32. The summed E-state index contributed by atoms with van der Waals surface area (Å²) in [6, 6.07) is 8.67. The maximum atomic E-state index is 14.3. The molecule has 4 heterocycles.